The number of aromatic nitrogens is 1. The molecule has 0 saturated heterocycles. The molecule has 2 rings (SSSR count). The van der Waals surface area contributed by atoms with Crippen LogP contribution in [0.3, 0.4) is 0 Å². The van der Waals surface area contributed by atoms with Gasteiger partial charge in [-0.15, -0.1) is 0 Å². The molecular formula is C13H18N2O2S. The van der Waals surface area contributed by atoms with Crippen molar-refractivity contribution < 1.29 is 8.83 Å². The highest BCUT2D eigenvalue weighted by atomic mass is 32.2. The number of hydrogen-bond donors (Lipinski definition) is 1. The average Bonchev–Trinajstić information content (AvgIpc) is 2.99. The SMILES string of the molecule is CCc1cnc(CNCc2ccc(CSC)o2)o1. The van der Waals surface area contributed by atoms with Gasteiger partial charge < -0.3 is 14.2 Å². The van der Waals surface area contributed by atoms with E-state index in [0.29, 0.717) is 13.1 Å². The Morgan fingerprint density at radius 2 is 2.00 bits per heavy atom. The highest BCUT2D eigenvalue weighted by molar-refractivity contribution is 7.97. The van der Waals surface area contributed by atoms with Crippen LogP contribution in [0.4, 0.5) is 0 Å². The third kappa shape index (κ3) is 3.65. The van der Waals surface area contributed by atoms with E-state index < -0.39 is 0 Å². The van der Waals surface area contributed by atoms with Gasteiger partial charge in [-0.2, -0.15) is 11.8 Å². The first-order chi connectivity index (χ1) is 8.81. The Hall–Kier alpha value is -1.20. The van der Waals surface area contributed by atoms with Gasteiger partial charge in [0, 0.05) is 6.42 Å². The van der Waals surface area contributed by atoms with E-state index in [9.17, 15) is 0 Å². The largest absolute Gasteiger partial charge is 0.464 e. The maximum absolute atomic E-state index is 5.65. The van der Waals surface area contributed by atoms with Gasteiger partial charge in [0.15, 0.2) is 0 Å². The van der Waals surface area contributed by atoms with Crippen LogP contribution < -0.4 is 5.32 Å². The second kappa shape index (κ2) is 6.66. The van der Waals surface area contributed by atoms with Gasteiger partial charge in [0.2, 0.25) is 5.89 Å². The third-order valence-electron chi connectivity index (χ3n) is 2.53. The Morgan fingerprint density at radius 1 is 1.17 bits per heavy atom. The van der Waals surface area contributed by atoms with Crippen LogP contribution in [0.2, 0.25) is 0 Å². The Labute approximate surface area is 111 Å². The number of nitrogens with zero attached hydrogens (tertiary/aromatic N) is 1. The Bertz CT molecular complexity index is 479. The lowest BCUT2D eigenvalue weighted by atomic mass is 10.4. The molecule has 0 atom stereocenters. The minimum absolute atomic E-state index is 0.624. The molecule has 0 radical (unpaired) electrons. The summed E-state index contributed by atoms with van der Waals surface area (Å²) in [5.41, 5.74) is 0. The van der Waals surface area contributed by atoms with Crippen molar-refractivity contribution in [2.75, 3.05) is 6.26 Å². The van der Waals surface area contributed by atoms with Gasteiger partial charge in [0.05, 0.1) is 25.0 Å². The minimum Gasteiger partial charge on any atom is -0.464 e. The number of thioether (sulfide) groups is 1. The molecule has 18 heavy (non-hydrogen) atoms. The molecule has 0 aliphatic heterocycles. The molecule has 0 unspecified atom stereocenters. The van der Waals surface area contributed by atoms with Gasteiger partial charge in [0.25, 0.3) is 0 Å². The Kier molecular flexibility index (Phi) is 4.90. The van der Waals surface area contributed by atoms with E-state index in [1.807, 2.05) is 19.1 Å². The topological polar surface area (TPSA) is 51.2 Å². The fraction of sp³-hybridized carbons (Fsp3) is 0.462. The van der Waals surface area contributed by atoms with Crippen molar-refractivity contribution in [1.29, 1.82) is 0 Å². The zero-order chi connectivity index (χ0) is 12.8. The summed E-state index contributed by atoms with van der Waals surface area (Å²) in [5, 5.41) is 3.25. The van der Waals surface area contributed by atoms with Crippen LogP contribution in [0, 0.1) is 0 Å². The molecular weight excluding hydrogens is 248 g/mol. The number of nitrogens with one attached hydrogen (secondary N) is 1. The maximum Gasteiger partial charge on any atom is 0.208 e. The number of rotatable bonds is 7. The van der Waals surface area contributed by atoms with Crippen LogP contribution in [0.15, 0.2) is 27.2 Å². The zero-order valence-electron chi connectivity index (χ0n) is 10.7. The molecule has 0 fully saturated rings. The first-order valence-corrected chi connectivity index (χ1v) is 7.42. The summed E-state index contributed by atoms with van der Waals surface area (Å²) in [6, 6.07) is 4.03. The molecule has 2 heterocycles. The molecule has 0 saturated carbocycles. The van der Waals surface area contributed by atoms with Gasteiger partial charge in [-0.25, -0.2) is 4.98 Å². The number of furan rings is 1. The quantitative estimate of drug-likeness (QED) is 0.835. The van der Waals surface area contributed by atoms with Crippen LogP contribution in [-0.2, 0) is 25.3 Å². The Balaban J connectivity index is 1.77. The van der Waals surface area contributed by atoms with Gasteiger partial charge in [-0.05, 0) is 18.4 Å². The molecule has 2 aromatic rings. The van der Waals surface area contributed by atoms with Gasteiger partial charge in [0.1, 0.15) is 17.3 Å². The van der Waals surface area contributed by atoms with E-state index in [1.54, 1.807) is 18.0 Å². The number of aryl methyl sites for hydroxylation is 1. The minimum atomic E-state index is 0.624. The summed E-state index contributed by atoms with van der Waals surface area (Å²) in [6.45, 7) is 3.37. The van der Waals surface area contributed by atoms with Crippen LogP contribution >= 0.6 is 11.8 Å². The lowest BCUT2D eigenvalue weighted by molar-refractivity contribution is 0.419. The van der Waals surface area contributed by atoms with Crippen molar-refractivity contribution in [2.45, 2.75) is 32.2 Å². The van der Waals surface area contributed by atoms with Crippen molar-refractivity contribution in [3.8, 4) is 0 Å². The highest BCUT2D eigenvalue weighted by Crippen LogP contribution is 2.13. The zero-order valence-corrected chi connectivity index (χ0v) is 11.5. The van der Waals surface area contributed by atoms with Crippen molar-refractivity contribution in [3.63, 3.8) is 0 Å². The van der Waals surface area contributed by atoms with Crippen LogP contribution in [0.1, 0.15) is 30.1 Å². The second-order valence-corrected chi connectivity index (χ2v) is 4.84. The lowest BCUT2D eigenvalue weighted by Crippen LogP contribution is -2.12. The van der Waals surface area contributed by atoms with Crippen molar-refractivity contribution in [2.24, 2.45) is 0 Å². The molecule has 0 spiro atoms. The molecule has 4 nitrogen and oxygen atoms in total. The van der Waals surface area contributed by atoms with Gasteiger partial charge in [-0.1, -0.05) is 6.92 Å². The molecule has 0 aromatic carbocycles. The van der Waals surface area contributed by atoms with E-state index in [4.69, 9.17) is 8.83 Å². The number of hydrogen-bond acceptors (Lipinski definition) is 5. The van der Waals surface area contributed by atoms with Crippen LogP contribution in [-0.4, -0.2) is 11.2 Å². The van der Waals surface area contributed by atoms with Crippen molar-refractivity contribution in [1.82, 2.24) is 10.3 Å². The first-order valence-electron chi connectivity index (χ1n) is 6.02. The molecule has 1 N–H and O–H groups in total. The summed E-state index contributed by atoms with van der Waals surface area (Å²) < 4.78 is 11.2. The summed E-state index contributed by atoms with van der Waals surface area (Å²) in [5.74, 6) is 4.53. The van der Waals surface area contributed by atoms with E-state index in [2.05, 4.69) is 16.6 Å². The first kappa shape index (κ1) is 13.2. The van der Waals surface area contributed by atoms with Crippen molar-refractivity contribution >= 4 is 11.8 Å². The standard InChI is InChI=1S/C13H18N2O2S/c1-3-10-7-15-13(17-10)8-14-6-11-4-5-12(16-11)9-18-2/h4-5,7,14H,3,6,8-9H2,1-2H3. The smallest absolute Gasteiger partial charge is 0.208 e. The summed E-state index contributed by atoms with van der Waals surface area (Å²) >= 11 is 1.75. The fourth-order valence-electron chi connectivity index (χ4n) is 1.62. The predicted molar refractivity (Wildman–Crippen MR) is 72.4 cm³/mol. The maximum atomic E-state index is 5.65. The average molecular weight is 266 g/mol. The molecule has 0 aliphatic carbocycles. The van der Waals surface area contributed by atoms with E-state index in [-0.39, 0.29) is 0 Å². The molecule has 2 aromatic heterocycles. The van der Waals surface area contributed by atoms with E-state index in [1.165, 1.54) is 0 Å². The molecule has 0 amide bonds. The summed E-state index contributed by atoms with van der Waals surface area (Å²) in [6.07, 6.45) is 4.72. The van der Waals surface area contributed by atoms with Gasteiger partial charge >= 0.3 is 0 Å². The summed E-state index contributed by atoms with van der Waals surface area (Å²) in [7, 11) is 0. The second-order valence-electron chi connectivity index (χ2n) is 3.98. The molecule has 5 heteroatoms. The fourth-order valence-corrected chi connectivity index (χ4v) is 2.06. The van der Waals surface area contributed by atoms with Gasteiger partial charge in [-0.3, -0.25) is 0 Å². The Morgan fingerprint density at radius 3 is 2.72 bits per heavy atom. The lowest BCUT2D eigenvalue weighted by Gasteiger charge is -1.99. The molecule has 0 aliphatic rings. The van der Waals surface area contributed by atoms with E-state index >= 15 is 0 Å². The highest BCUT2D eigenvalue weighted by Gasteiger charge is 2.04. The normalized spacial score (nSPS) is 11.0. The van der Waals surface area contributed by atoms with E-state index in [0.717, 1.165) is 35.3 Å². The van der Waals surface area contributed by atoms with Crippen LogP contribution in [0.5, 0.6) is 0 Å². The van der Waals surface area contributed by atoms with Crippen molar-refractivity contribution in [3.05, 3.63) is 41.5 Å². The molecule has 0 bridgehead atoms. The number of oxazole rings is 1. The molecule has 98 valence electrons. The van der Waals surface area contributed by atoms with Crippen LogP contribution in [0.25, 0.3) is 0 Å². The summed E-state index contributed by atoms with van der Waals surface area (Å²) in [4.78, 5) is 4.19. The monoisotopic (exact) mass is 266 g/mol. The predicted octanol–water partition coefficient (Wildman–Crippen LogP) is 2.98. The third-order valence-corrected chi connectivity index (χ3v) is 3.10.